The van der Waals surface area contributed by atoms with Crippen molar-refractivity contribution in [3.63, 3.8) is 0 Å². The van der Waals surface area contributed by atoms with E-state index in [-0.39, 0.29) is 0 Å². The van der Waals surface area contributed by atoms with Crippen molar-refractivity contribution in [2.45, 2.75) is 13.3 Å². The molecule has 1 heteroatoms. The molecule has 0 aliphatic heterocycles. The lowest BCUT2D eigenvalue weighted by Gasteiger charge is -2.02. The SMILES string of the molecule is C=Cc1ccc(C2=CCC(C)C=C=C2)nc1. The molecule has 0 bridgehead atoms. The molecule has 2 rings (SSSR count). The molecule has 1 aliphatic rings. The van der Waals surface area contributed by atoms with Gasteiger partial charge in [-0.25, -0.2) is 0 Å². The van der Waals surface area contributed by atoms with Gasteiger partial charge in [-0.2, -0.15) is 0 Å². The van der Waals surface area contributed by atoms with E-state index in [1.165, 1.54) is 0 Å². The van der Waals surface area contributed by atoms with Crippen LogP contribution in [0, 0.1) is 5.92 Å². The number of allylic oxidation sites excluding steroid dienone is 3. The van der Waals surface area contributed by atoms with Gasteiger partial charge in [-0.15, -0.1) is 5.73 Å². The first kappa shape index (κ1) is 10.7. The number of aromatic nitrogens is 1. The van der Waals surface area contributed by atoms with Gasteiger partial charge in [0.15, 0.2) is 0 Å². The first-order valence-electron chi connectivity index (χ1n) is 5.51. The van der Waals surface area contributed by atoms with Crippen LogP contribution in [0.4, 0.5) is 0 Å². The van der Waals surface area contributed by atoms with Crippen molar-refractivity contribution in [1.29, 1.82) is 0 Å². The second kappa shape index (κ2) is 4.78. The van der Waals surface area contributed by atoms with Crippen LogP contribution in [0.2, 0.25) is 0 Å². The molecule has 0 N–H and O–H groups in total. The van der Waals surface area contributed by atoms with Crippen LogP contribution in [0.3, 0.4) is 0 Å². The van der Waals surface area contributed by atoms with Crippen molar-refractivity contribution in [2.24, 2.45) is 5.92 Å². The zero-order valence-electron chi connectivity index (χ0n) is 9.48. The molecule has 0 amide bonds. The highest BCUT2D eigenvalue weighted by molar-refractivity contribution is 5.72. The lowest BCUT2D eigenvalue weighted by atomic mass is 10.1. The van der Waals surface area contributed by atoms with E-state index in [9.17, 15) is 0 Å². The lowest BCUT2D eigenvalue weighted by molar-refractivity contribution is 0.748. The van der Waals surface area contributed by atoms with Crippen molar-refractivity contribution in [2.75, 3.05) is 0 Å². The Morgan fingerprint density at radius 1 is 1.50 bits per heavy atom. The van der Waals surface area contributed by atoms with Crippen molar-refractivity contribution >= 4 is 11.6 Å². The molecule has 0 aromatic carbocycles. The van der Waals surface area contributed by atoms with E-state index in [0.29, 0.717) is 5.92 Å². The van der Waals surface area contributed by atoms with Gasteiger partial charge < -0.3 is 0 Å². The maximum absolute atomic E-state index is 4.42. The van der Waals surface area contributed by atoms with E-state index in [1.54, 1.807) is 6.08 Å². The van der Waals surface area contributed by atoms with Gasteiger partial charge in [-0.05, 0) is 36.1 Å². The number of hydrogen-bond acceptors (Lipinski definition) is 1. The summed E-state index contributed by atoms with van der Waals surface area (Å²) in [7, 11) is 0. The van der Waals surface area contributed by atoms with Gasteiger partial charge in [-0.1, -0.05) is 31.7 Å². The minimum atomic E-state index is 0.557. The summed E-state index contributed by atoms with van der Waals surface area (Å²) >= 11 is 0. The molecule has 0 fully saturated rings. The summed E-state index contributed by atoms with van der Waals surface area (Å²) < 4.78 is 0. The largest absolute Gasteiger partial charge is 0.256 e. The number of pyridine rings is 1. The quantitative estimate of drug-likeness (QED) is 0.674. The number of nitrogens with zero attached hydrogens (tertiary/aromatic N) is 1. The molecule has 1 heterocycles. The lowest BCUT2D eigenvalue weighted by Crippen LogP contribution is -1.88. The fourth-order valence-corrected chi connectivity index (χ4v) is 1.62. The van der Waals surface area contributed by atoms with E-state index in [0.717, 1.165) is 23.3 Å². The van der Waals surface area contributed by atoms with Crippen molar-refractivity contribution < 1.29 is 0 Å². The van der Waals surface area contributed by atoms with Gasteiger partial charge in [0.1, 0.15) is 0 Å². The van der Waals surface area contributed by atoms with Crippen LogP contribution >= 0.6 is 0 Å². The van der Waals surface area contributed by atoms with Gasteiger partial charge in [-0.3, -0.25) is 4.98 Å². The average molecular weight is 209 g/mol. The molecule has 1 aliphatic carbocycles. The zero-order chi connectivity index (χ0) is 11.4. The van der Waals surface area contributed by atoms with Crippen LogP contribution in [0.25, 0.3) is 11.6 Å². The monoisotopic (exact) mass is 209 g/mol. The summed E-state index contributed by atoms with van der Waals surface area (Å²) in [6.07, 6.45) is 11.0. The summed E-state index contributed by atoms with van der Waals surface area (Å²) in [5, 5.41) is 0. The second-order valence-electron chi connectivity index (χ2n) is 4.03. The van der Waals surface area contributed by atoms with Gasteiger partial charge in [0.25, 0.3) is 0 Å². The summed E-state index contributed by atoms with van der Waals surface area (Å²) in [4.78, 5) is 4.42. The predicted molar refractivity (Wildman–Crippen MR) is 68.7 cm³/mol. The van der Waals surface area contributed by atoms with Crippen LogP contribution in [0.5, 0.6) is 0 Å². The first-order valence-corrected chi connectivity index (χ1v) is 5.51. The third-order valence-corrected chi connectivity index (χ3v) is 2.65. The van der Waals surface area contributed by atoms with E-state index in [2.05, 4.69) is 36.4 Å². The molecule has 1 unspecified atom stereocenters. The fraction of sp³-hybridized carbons (Fsp3) is 0.200. The van der Waals surface area contributed by atoms with Gasteiger partial charge in [0, 0.05) is 11.8 Å². The number of hydrogen-bond donors (Lipinski definition) is 0. The molecule has 1 nitrogen and oxygen atoms in total. The average Bonchev–Trinajstić information content (AvgIpc) is 2.54. The molecule has 1 aromatic heterocycles. The molecule has 1 aromatic rings. The Labute approximate surface area is 96.5 Å². The van der Waals surface area contributed by atoms with E-state index >= 15 is 0 Å². The summed E-state index contributed by atoms with van der Waals surface area (Å²) in [5.74, 6) is 0.557. The van der Waals surface area contributed by atoms with E-state index in [4.69, 9.17) is 0 Å². The van der Waals surface area contributed by atoms with Crippen molar-refractivity contribution in [1.82, 2.24) is 4.98 Å². The zero-order valence-corrected chi connectivity index (χ0v) is 9.48. The molecular weight excluding hydrogens is 194 g/mol. The minimum Gasteiger partial charge on any atom is -0.256 e. The number of rotatable bonds is 2. The third kappa shape index (κ3) is 2.39. The van der Waals surface area contributed by atoms with Crippen LogP contribution in [0.1, 0.15) is 24.6 Å². The van der Waals surface area contributed by atoms with Crippen molar-refractivity contribution in [3.8, 4) is 0 Å². The van der Waals surface area contributed by atoms with Crippen LogP contribution in [-0.4, -0.2) is 4.98 Å². The van der Waals surface area contributed by atoms with Gasteiger partial charge in [0.2, 0.25) is 0 Å². The highest BCUT2D eigenvalue weighted by atomic mass is 14.7. The molecule has 0 radical (unpaired) electrons. The standard InChI is InChI=1S/C15H15N/c1-3-13-8-10-15(16-11-13)14-6-4-5-12(2)7-9-14/h3,5-6,8-12H,1,7H2,2H3. The summed E-state index contributed by atoms with van der Waals surface area (Å²) in [6, 6.07) is 4.05. The molecular formula is C15H15N. The van der Waals surface area contributed by atoms with Gasteiger partial charge in [0.05, 0.1) is 5.69 Å². The predicted octanol–water partition coefficient (Wildman–Crippen LogP) is 3.86. The molecule has 80 valence electrons. The van der Waals surface area contributed by atoms with Crippen molar-refractivity contribution in [3.05, 3.63) is 60.1 Å². The highest BCUT2D eigenvalue weighted by Gasteiger charge is 2.03. The smallest absolute Gasteiger partial charge is 0.0705 e. The maximum Gasteiger partial charge on any atom is 0.0705 e. The summed E-state index contributed by atoms with van der Waals surface area (Å²) in [5.41, 5.74) is 6.39. The Morgan fingerprint density at radius 2 is 2.38 bits per heavy atom. The minimum absolute atomic E-state index is 0.557. The molecule has 16 heavy (non-hydrogen) atoms. The second-order valence-corrected chi connectivity index (χ2v) is 4.03. The normalized spacial score (nSPS) is 19.1. The maximum atomic E-state index is 4.42. The molecule has 0 saturated heterocycles. The Hall–Kier alpha value is -1.85. The van der Waals surface area contributed by atoms with Crippen LogP contribution in [0.15, 0.2) is 48.9 Å². The first-order chi connectivity index (χ1) is 7.79. The Bertz CT molecular complexity index is 471. The topological polar surface area (TPSA) is 12.9 Å². The molecule has 0 saturated carbocycles. The van der Waals surface area contributed by atoms with E-state index in [1.807, 2.05) is 24.4 Å². The van der Waals surface area contributed by atoms with Gasteiger partial charge >= 0.3 is 0 Å². The van der Waals surface area contributed by atoms with Crippen LogP contribution in [-0.2, 0) is 0 Å². The molecule has 0 spiro atoms. The Balaban J connectivity index is 2.30. The summed E-state index contributed by atoms with van der Waals surface area (Å²) in [6.45, 7) is 5.91. The third-order valence-electron chi connectivity index (χ3n) is 2.65. The highest BCUT2D eigenvalue weighted by Crippen LogP contribution is 2.19. The van der Waals surface area contributed by atoms with Crippen LogP contribution < -0.4 is 0 Å². The Kier molecular flexibility index (Phi) is 3.19. The Morgan fingerprint density at radius 3 is 3.06 bits per heavy atom. The molecule has 1 atom stereocenters. The van der Waals surface area contributed by atoms with E-state index < -0.39 is 0 Å². The fourth-order valence-electron chi connectivity index (χ4n) is 1.62.